The Morgan fingerprint density at radius 3 is 2.65 bits per heavy atom. The number of hydrogen-bond donors (Lipinski definition) is 3. The lowest BCUT2D eigenvalue weighted by molar-refractivity contribution is -0.114. The van der Waals surface area contributed by atoms with Crippen LogP contribution < -0.4 is 20.7 Å². The maximum absolute atomic E-state index is 11.3. The van der Waals surface area contributed by atoms with Crippen LogP contribution in [0.3, 0.4) is 0 Å². The average molecular weight is 320 g/mol. The molecule has 1 aromatic carbocycles. The van der Waals surface area contributed by atoms with Crippen molar-refractivity contribution in [2.45, 2.75) is 46.7 Å². The first-order valence-corrected chi connectivity index (χ1v) is 7.99. The number of methoxy groups -OCH3 is 1. The number of nitrogens with zero attached hydrogens (tertiary/aromatic N) is 1. The monoisotopic (exact) mass is 320 g/mol. The molecule has 1 unspecified atom stereocenters. The van der Waals surface area contributed by atoms with Gasteiger partial charge >= 0.3 is 0 Å². The largest absolute Gasteiger partial charge is 0.495 e. The Labute approximate surface area is 138 Å². The number of carbonyl (C=O) groups excluding carboxylic acids is 1. The quantitative estimate of drug-likeness (QED) is 0.533. The molecule has 0 bridgehead atoms. The summed E-state index contributed by atoms with van der Waals surface area (Å²) < 4.78 is 5.26. The lowest BCUT2D eigenvalue weighted by atomic mass is 10.2. The first-order chi connectivity index (χ1) is 11.0. The van der Waals surface area contributed by atoms with Crippen LogP contribution in [-0.2, 0) is 11.3 Å². The highest BCUT2D eigenvalue weighted by Crippen LogP contribution is 2.25. The van der Waals surface area contributed by atoms with Gasteiger partial charge in [0.2, 0.25) is 5.91 Å². The molecular formula is C17H28N4O2. The summed E-state index contributed by atoms with van der Waals surface area (Å²) >= 11 is 0. The summed E-state index contributed by atoms with van der Waals surface area (Å²) in [6, 6.07) is 6.03. The van der Waals surface area contributed by atoms with Crippen molar-refractivity contribution in [1.29, 1.82) is 0 Å². The number of carbonyl (C=O) groups is 1. The molecule has 1 atom stereocenters. The van der Waals surface area contributed by atoms with E-state index in [1.165, 1.54) is 6.92 Å². The van der Waals surface area contributed by atoms with Gasteiger partial charge in [-0.2, -0.15) is 0 Å². The van der Waals surface area contributed by atoms with E-state index in [4.69, 9.17) is 4.74 Å². The SMILES string of the molecule is CCNC(=NCc1ccc(OC)c(NC(C)=O)c1)NC(C)CC. The van der Waals surface area contributed by atoms with E-state index < -0.39 is 0 Å². The van der Waals surface area contributed by atoms with Gasteiger partial charge in [-0.1, -0.05) is 13.0 Å². The van der Waals surface area contributed by atoms with Crippen LogP contribution in [0.5, 0.6) is 5.75 Å². The molecule has 0 aromatic heterocycles. The molecule has 1 rings (SSSR count). The van der Waals surface area contributed by atoms with Gasteiger partial charge in [-0.15, -0.1) is 0 Å². The third kappa shape index (κ3) is 6.59. The maximum Gasteiger partial charge on any atom is 0.221 e. The topological polar surface area (TPSA) is 74.8 Å². The molecule has 1 aromatic rings. The zero-order chi connectivity index (χ0) is 17.2. The van der Waals surface area contributed by atoms with E-state index in [1.54, 1.807) is 7.11 Å². The van der Waals surface area contributed by atoms with Crippen molar-refractivity contribution in [3.63, 3.8) is 0 Å². The van der Waals surface area contributed by atoms with Gasteiger partial charge < -0.3 is 20.7 Å². The van der Waals surface area contributed by atoms with Crippen molar-refractivity contribution in [2.75, 3.05) is 19.0 Å². The van der Waals surface area contributed by atoms with E-state index in [9.17, 15) is 4.79 Å². The minimum atomic E-state index is -0.129. The van der Waals surface area contributed by atoms with E-state index in [1.807, 2.05) is 25.1 Å². The van der Waals surface area contributed by atoms with Gasteiger partial charge in [-0.25, -0.2) is 4.99 Å². The van der Waals surface area contributed by atoms with E-state index in [2.05, 4.69) is 34.8 Å². The summed E-state index contributed by atoms with van der Waals surface area (Å²) in [6.45, 7) is 9.09. The fourth-order valence-corrected chi connectivity index (χ4v) is 1.97. The third-order valence-electron chi connectivity index (χ3n) is 3.33. The van der Waals surface area contributed by atoms with Crippen LogP contribution in [0, 0.1) is 0 Å². The number of nitrogens with one attached hydrogen (secondary N) is 3. The number of amides is 1. The second-order valence-electron chi connectivity index (χ2n) is 5.36. The summed E-state index contributed by atoms with van der Waals surface area (Å²) in [7, 11) is 1.58. The van der Waals surface area contributed by atoms with Crippen LogP contribution in [0.15, 0.2) is 23.2 Å². The molecule has 0 aliphatic heterocycles. The van der Waals surface area contributed by atoms with Crippen LogP contribution in [-0.4, -0.2) is 31.6 Å². The minimum Gasteiger partial charge on any atom is -0.495 e. The van der Waals surface area contributed by atoms with Crippen LogP contribution in [0.1, 0.15) is 39.7 Å². The number of anilines is 1. The van der Waals surface area contributed by atoms with Crippen molar-refractivity contribution in [3.8, 4) is 5.75 Å². The lowest BCUT2D eigenvalue weighted by Crippen LogP contribution is -2.41. The summed E-state index contributed by atoms with van der Waals surface area (Å²) in [5.41, 5.74) is 1.66. The Balaban J connectivity index is 2.88. The molecule has 128 valence electrons. The molecule has 23 heavy (non-hydrogen) atoms. The molecule has 0 saturated carbocycles. The number of aliphatic imine (C=N–C) groups is 1. The van der Waals surface area contributed by atoms with E-state index in [0.29, 0.717) is 24.0 Å². The zero-order valence-electron chi connectivity index (χ0n) is 14.7. The van der Waals surface area contributed by atoms with Gasteiger partial charge in [0.1, 0.15) is 5.75 Å². The maximum atomic E-state index is 11.3. The second-order valence-corrected chi connectivity index (χ2v) is 5.36. The smallest absolute Gasteiger partial charge is 0.221 e. The predicted molar refractivity (Wildman–Crippen MR) is 95.0 cm³/mol. The van der Waals surface area contributed by atoms with Gasteiger partial charge in [-0.05, 0) is 38.0 Å². The molecule has 6 nitrogen and oxygen atoms in total. The highest BCUT2D eigenvalue weighted by atomic mass is 16.5. The predicted octanol–water partition coefficient (Wildman–Crippen LogP) is 2.51. The number of ether oxygens (including phenoxy) is 1. The van der Waals surface area contributed by atoms with Crippen LogP contribution in [0.2, 0.25) is 0 Å². The van der Waals surface area contributed by atoms with Crippen molar-refractivity contribution < 1.29 is 9.53 Å². The Hall–Kier alpha value is -2.24. The molecule has 0 heterocycles. The van der Waals surface area contributed by atoms with Crippen molar-refractivity contribution in [3.05, 3.63) is 23.8 Å². The molecule has 3 N–H and O–H groups in total. The fraction of sp³-hybridized carbons (Fsp3) is 0.529. The van der Waals surface area contributed by atoms with Crippen molar-refractivity contribution in [1.82, 2.24) is 10.6 Å². The van der Waals surface area contributed by atoms with Crippen LogP contribution in [0.25, 0.3) is 0 Å². The molecule has 0 aliphatic rings. The normalized spacial score (nSPS) is 12.5. The van der Waals surface area contributed by atoms with E-state index in [-0.39, 0.29) is 5.91 Å². The van der Waals surface area contributed by atoms with E-state index >= 15 is 0 Å². The molecule has 0 spiro atoms. The number of hydrogen-bond acceptors (Lipinski definition) is 3. The number of rotatable bonds is 7. The van der Waals surface area contributed by atoms with Crippen LogP contribution >= 0.6 is 0 Å². The molecule has 6 heteroatoms. The van der Waals surface area contributed by atoms with Gasteiger partial charge in [0.05, 0.1) is 19.3 Å². The van der Waals surface area contributed by atoms with Gasteiger partial charge in [0.25, 0.3) is 0 Å². The standard InChI is InChI=1S/C17H28N4O2/c1-6-12(3)20-17(18-7-2)19-11-14-8-9-16(23-5)15(10-14)21-13(4)22/h8-10,12H,6-7,11H2,1-5H3,(H,21,22)(H2,18,19,20). The molecule has 1 amide bonds. The Morgan fingerprint density at radius 2 is 2.09 bits per heavy atom. The fourth-order valence-electron chi connectivity index (χ4n) is 1.97. The van der Waals surface area contributed by atoms with Gasteiger partial charge in [0, 0.05) is 19.5 Å². The summed E-state index contributed by atoms with van der Waals surface area (Å²) in [5, 5.41) is 9.36. The number of benzene rings is 1. The lowest BCUT2D eigenvalue weighted by Gasteiger charge is -2.16. The zero-order valence-corrected chi connectivity index (χ0v) is 14.7. The Morgan fingerprint density at radius 1 is 1.35 bits per heavy atom. The number of guanidine groups is 1. The summed E-state index contributed by atoms with van der Waals surface area (Å²) in [6.07, 6.45) is 1.03. The average Bonchev–Trinajstić information content (AvgIpc) is 2.52. The van der Waals surface area contributed by atoms with E-state index in [0.717, 1.165) is 24.5 Å². The molecule has 0 saturated heterocycles. The molecular weight excluding hydrogens is 292 g/mol. The van der Waals surface area contributed by atoms with Crippen molar-refractivity contribution in [2.24, 2.45) is 4.99 Å². The van der Waals surface area contributed by atoms with Gasteiger partial charge in [-0.3, -0.25) is 4.79 Å². The Bertz CT molecular complexity index is 543. The molecule has 0 radical (unpaired) electrons. The van der Waals surface area contributed by atoms with Gasteiger partial charge in [0.15, 0.2) is 5.96 Å². The second kappa shape index (κ2) is 9.71. The molecule has 0 fully saturated rings. The first kappa shape index (κ1) is 18.8. The Kier molecular flexibility index (Phi) is 7.94. The van der Waals surface area contributed by atoms with Crippen LogP contribution in [0.4, 0.5) is 5.69 Å². The van der Waals surface area contributed by atoms with Crippen molar-refractivity contribution >= 4 is 17.6 Å². The molecule has 0 aliphatic carbocycles. The summed E-state index contributed by atoms with van der Waals surface area (Å²) in [4.78, 5) is 15.9. The minimum absolute atomic E-state index is 0.129. The highest BCUT2D eigenvalue weighted by Gasteiger charge is 2.07. The third-order valence-corrected chi connectivity index (χ3v) is 3.33. The summed E-state index contributed by atoms with van der Waals surface area (Å²) in [5.74, 6) is 1.30. The highest BCUT2D eigenvalue weighted by molar-refractivity contribution is 5.90. The first-order valence-electron chi connectivity index (χ1n) is 7.99.